The summed E-state index contributed by atoms with van der Waals surface area (Å²) in [4.78, 5) is 37.2. The van der Waals surface area contributed by atoms with Gasteiger partial charge in [-0.25, -0.2) is 4.79 Å². The number of carbonyl (C=O) groups is 3. The van der Waals surface area contributed by atoms with E-state index in [2.05, 4.69) is 10.6 Å². The smallest absolute Gasteiger partial charge is 0.364 e. The van der Waals surface area contributed by atoms with Crippen LogP contribution in [0.3, 0.4) is 0 Å². The van der Waals surface area contributed by atoms with Crippen molar-refractivity contribution in [2.24, 2.45) is 17.3 Å². The molecule has 0 radical (unpaired) electrons. The molecule has 2 aliphatic carbocycles. The van der Waals surface area contributed by atoms with Crippen LogP contribution in [0.1, 0.15) is 34.1 Å². The van der Waals surface area contributed by atoms with Gasteiger partial charge in [0.1, 0.15) is 60.5 Å². The molecule has 344 valence electrons. The van der Waals surface area contributed by atoms with Crippen LogP contribution in [0.15, 0.2) is 0 Å². The predicted molar refractivity (Wildman–Crippen MR) is 187 cm³/mol. The molecule has 0 aromatic heterocycles. The van der Waals surface area contributed by atoms with Crippen molar-refractivity contribution in [3.63, 3.8) is 0 Å². The van der Waals surface area contributed by atoms with Crippen molar-refractivity contribution in [3.8, 4) is 0 Å². The summed E-state index contributed by atoms with van der Waals surface area (Å²) >= 11 is 0. The summed E-state index contributed by atoms with van der Waals surface area (Å²) in [6, 6.07) is -2.75. The summed E-state index contributed by atoms with van der Waals surface area (Å²) in [6.45, 7) is 1.54. The highest BCUT2D eigenvalue weighted by Crippen LogP contribution is 2.57. The fourth-order valence-corrected chi connectivity index (χ4v) is 9.72. The van der Waals surface area contributed by atoms with E-state index in [0.717, 1.165) is 13.8 Å². The largest absolute Gasteiger partial charge is 0.477 e. The lowest BCUT2D eigenvalue weighted by atomic mass is 9.55. The summed E-state index contributed by atoms with van der Waals surface area (Å²) < 4.78 is 40.4. The zero-order chi connectivity index (χ0) is 44.6. The van der Waals surface area contributed by atoms with Gasteiger partial charge in [-0.3, -0.25) is 9.59 Å². The molecule has 6 rings (SSSR count). The number of fused-ring (bicyclic) bond motifs is 1. The van der Waals surface area contributed by atoms with E-state index in [9.17, 15) is 80.8 Å². The highest BCUT2D eigenvalue weighted by Gasteiger charge is 2.77. The standard InChI is InChI=1S/C35H56N2O23/c1-10-23(22(49)19(46)15(7-39)54-10)55-30-18(36-11(2)42)16-20(47)28(33(16,9-41)59-30)56-29(51)21(48)17-24(26(50)32(17,4)8-40)57-34(31(52)53)5-13(44)25(37-12(3)43)35(60-34)27(58-35)14(45)6-38/h10,13-30,38-41,44-51H,5-9H2,1-4H3,(H,36,42)(H,37,43)(H,52,53)/t10-,13?,14-,15?,16?,17?,18?,19-,20?,21?,22?,23?,24-,25-,26-,27-,28+,29+,30-,32?,33?,34-,35?/m1/s1. The van der Waals surface area contributed by atoms with Gasteiger partial charge in [0.2, 0.25) is 17.6 Å². The van der Waals surface area contributed by atoms with Crippen molar-refractivity contribution < 1.29 is 114 Å². The number of carboxylic acid groups (broad SMARTS) is 1. The van der Waals surface area contributed by atoms with Crippen LogP contribution in [-0.2, 0) is 47.5 Å². The summed E-state index contributed by atoms with van der Waals surface area (Å²) in [6.07, 6.45) is -25.9. The Morgan fingerprint density at radius 2 is 1.53 bits per heavy atom. The molecule has 0 aromatic rings. The first-order valence-electron chi connectivity index (χ1n) is 19.4. The number of hydrogen-bond donors (Lipinski definition) is 15. The topological polar surface area (TPSA) is 406 Å². The normalized spacial score (nSPS) is 49.8. The summed E-state index contributed by atoms with van der Waals surface area (Å²) in [5.41, 5.74) is -3.75. The highest BCUT2D eigenvalue weighted by molar-refractivity contribution is 5.77. The Morgan fingerprint density at radius 1 is 0.883 bits per heavy atom. The van der Waals surface area contributed by atoms with E-state index in [1.54, 1.807) is 0 Å². The van der Waals surface area contributed by atoms with Crippen LogP contribution in [0.2, 0.25) is 0 Å². The van der Waals surface area contributed by atoms with Gasteiger partial charge < -0.3 is 110 Å². The van der Waals surface area contributed by atoms with Gasteiger partial charge in [0.05, 0.1) is 63.0 Å². The SMILES string of the molecule is CC(=O)NC1C2C(O)[C@H](O[C@H](O)C(O)C3[C@@H](O[C@]4(C(=O)O)CC(O)[C@@H](NC(C)=O)C5(O[C@@H]5[C@H](O)CO)O4)[C@@H](O)C3(C)CO)C2(CO)O[C@H]1OC1C(O)[C@H](O)C(CO)O[C@@H]1C. The minimum absolute atomic E-state index is 0.632. The van der Waals surface area contributed by atoms with Crippen molar-refractivity contribution in [2.75, 3.05) is 26.4 Å². The second-order valence-corrected chi connectivity index (χ2v) is 16.8. The molecular weight excluding hydrogens is 816 g/mol. The number of carboxylic acids is 1. The van der Waals surface area contributed by atoms with Crippen molar-refractivity contribution in [3.05, 3.63) is 0 Å². The molecule has 4 heterocycles. The molecule has 60 heavy (non-hydrogen) atoms. The lowest BCUT2D eigenvalue weighted by Crippen LogP contribution is -2.76. The van der Waals surface area contributed by atoms with Crippen LogP contribution in [0, 0.1) is 17.3 Å². The summed E-state index contributed by atoms with van der Waals surface area (Å²) in [5.74, 6) is -11.4. The van der Waals surface area contributed by atoms with Gasteiger partial charge in [-0.05, 0) is 6.92 Å². The average Bonchev–Trinajstić information content (AvgIpc) is 3.84. The quantitative estimate of drug-likeness (QED) is 0.0506. The van der Waals surface area contributed by atoms with Crippen LogP contribution >= 0.6 is 0 Å². The van der Waals surface area contributed by atoms with E-state index in [-0.39, 0.29) is 0 Å². The maximum absolute atomic E-state index is 12.9. The molecule has 6 aliphatic rings. The van der Waals surface area contributed by atoms with Crippen LogP contribution in [-0.4, -0.2) is 232 Å². The Labute approximate surface area is 341 Å². The maximum atomic E-state index is 12.9. The monoisotopic (exact) mass is 872 g/mol. The number of aliphatic carboxylic acids is 1. The zero-order valence-electron chi connectivity index (χ0n) is 32.9. The van der Waals surface area contributed by atoms with Crippen molar-refractivity contribution in [2.45, 2.75) is 155 Å². The summed E-state index contributed by atoms with van der Waals surface area (Å²) in [7, 11) is 0. The molecule has 15 N–H and O–H groups in total. The predicted octanol–water partition coefficient (Wildman–Crippen LogP) is -8.59. The molecular formula is C35H56N2O23. The Kier molecular flexibility index (Phi) is 13.3. The van der Waals surface area contributed by atoms with Crippen LogP contribution in [0.25, 0.3) is 0 Å². The molecule has 0 aromatic carbocycles. The zero-order valence-corrected chi connectivity index (χ0v) is 32.9. The third-order valence-electron chi connectivity index (χ3n) is 13.0. The Balaban J connectivity index is 1.23. The van der Waals surface area contributed by atoms with E-state index < -0.39 is 189 Å². The molecule has 2 amide bonds. The molecule has 4 aliphatic heterocycles. The number of aliphatic hydroxyl groups is 12. The van der Waals surface area contributed by atoms with Gasteiger partial charge in [0.15, 0.2) is 12.6 Å². The van der Waals surface area contributed by atoms with Gasteiger partial charge in [-0.15, -0.1) is 0 Å². The fourth-order valence-electron chi connectivity index (χ4n) is 9.72. The number of ether oxygens (including phenoxy) is 7. The van der Waals surface area contributed by atoms with E-state index in [4.69, 9.17) is 33.2 Å². The van der Waals surface area contributed by atoms with Crippen molar-refractivity contribution >= 4 is 17.8 Å². The van der Waals surface area contributed by atoms with Crippen LogP contribution in [0.5, 0.6) is 0 Å². The van der Waals surface area contributed by atoms with E-state index >= 15 is 0 Å². The van der Waals surface area contributed by atoms with Gasteiger partial charge in [-0.1, -0.05) is 6.92 Å². The minimum Gasteiger partial charge on any atom is -0.477 e. The first-order chi connectivity index (χ1) is 28.0. The van der Waals surface area contributed by atoms with E-state index in [0.29, 0.717) is 0 Å². The van der Waals surface area contributed by atoms with Crippen molar-refractivity contribution in [1.29, 1.82) is 0 Å². The lowest BCUT2D eigenvalue weighted by Gasteiger charge is -2.60. The second kappa shape index (κ2) is 17.0. The number of nitrogens with one attached hydrogen (secondary N) is 2. The molecule has 6 fully saturated rings. The third-order valence-corrected chi connectivity index (χ3v) is 13.0. The highest BCUT2D eigenvalue weighted by atomic mass is 16.9. The molecule has 12 unspecified atom stereocenters. The Hall–Kier alpha value is -2.35. The number of rotatable bonds is 16. The Morgan fingerprint density at radius 3 is 2.08 bits per heavy atom. The first-order valence-corrected chi connectivity index (χ1v) is 19.4. The van der Waals surface area contributed by atoms with Gasteiger partial charge in [0.25, 0.3) is 5.79 Å². The third kappa shape index (κ3) is 7.42. The molecule has 25 heteroatoms. The van der Waals surface area contributed by atoms with E-state index in [1.165, 1.54) is 13.8 Å². The van der Waals surface area contributed by atoms with Gasteiger partial charge in [0, 0.05) is 37.5 Å². The van der Waals surface area contributed by atoms with Crippen LogP contribution in [0.4, 0.5) is 0 Å². The molecule has 4 saturated heterocycles. The molecule has 25 nitrogen and oxygen atoms in total. The fraction of sp³-hybridized carbons (Fsp3) is 0.914. The number of hydrogen-bond acceptors (Lipinski definition) is 22. The van der Waals surface area contributed by atoms with Gasteiger partial charge in [-0.2, -0.15) is 0 Å². The molecule has 0 bridgehead atoms. The van der Waals surface area contributed by atoms with Gasteiger partial charge >= 0.3 is 5.97 Å². The number of amides is 2. The van der Waals surface area contributed by atoms with Crippen LogP contribution < -0.4 is 10.6 Å². The average molecular weight is 873 g/mol. The molecule has 2 saturated carbocycles. The molecule has 1 spiro atoms. The number of aliphatic hydroxyl groups excluding tert-OH is 12. The van der Waals surface area contributed by atoms with Crippen molar-refractivity contribution in [1.82, 2.24) is 10.6 Å². The first kappa shape index (κ1) is 47.1. The van der Waals surface area contributed by atoms with E-state index in [1.807, 2.05) is 0 Å². The molecule has 23 atom stereocenters. The minimum atomic E-state index is -2.96. The maximum Gasteiger partial charge on any atom is 0.364 e. The number of epoxide rings is 1. The summed E-state index contributed by atoms with van der Waals surface area (Å²) in [5, 5.41) is 144. The lowest BCUT2D eigenvalue weighted by molar-refractivity contribution is -0.389. The Bertz CT molecular complexity index is 1600. The number of carbonyl (C=O) groups excluding carboxylic acids is 2. The second-order valence-electron chi connectivity index (χ2n) is 16.8.